The van der Waals surface area contributed by atoms with Crippen molar-refractivity contribution in [1.29, 1.82) is 0 Å². The van der Waals surface area contributed by atoms with E-state index in [9.17, 15) is 4.79 Å². The molecule has 0 aliphatic heterocycles. The lowest BCUT2D eigenvalue weighted by atomic mass is 10.1. The number of aldehydes is 1. The molecular weight excluding hydrogens is 176 g/mol. The summed E-state index contributed by atoms with van der Waals surface area (Å²) in [7, 11) is 1.62. The predicted molar refractivity (Wildman–Crippen MR) is 57.5 cm³/mol. The molecule has 2 heteroatoms. The van der Waals surface area contributed by atoms with Crippen molar-refractivity contribution in [2.24, 2.45) is 0 Å². The van der Waals surface area contributed by atoms with E-state index in [1.807, 2.05) is 18.2 Å². The largest absolute Gasteiger partial charge is 0.496 e. The highest BCUT2D eigenvalue weighted by Crippen LogP contribution is 2.21. The van der Waals surface area contributed by atoms with Gasteiger partial charge in [-0.05, 0) is 36.3 Å². The van der Waals surface area contributed by atoms with E-state index in [1.54, 1.807) is 13.2 Å². The predicted octanol–water partition coefficient (Wildman–Crippen LogP) is 2.47. The molecule has 0 aliphatic rings. The molecule has 74 valence electrons. The smallest absolute Gasteiger partial charge is 0.142 e. The third kappa shape index (κ3) is 2.46. The molecule has 2 nitrogen and oxygen atoms in total. The maximum atomic E-state index is 10.2. The Balaban J connectivity index is 3.07. The van der Waals surface area contributed by atoms with Crippen LogP contribution in [0.5, 0.6) is 5.75 Å². The molecule has 1 aromatic rings. The number of ether oxygens (including phenoxy) is 1. The standard InChI is InChI=1S/C12H14O2/c1-3-10-6-7-12(14-2)11(9-10)5-4-8-13/h4-9H,3H2,1-2H3. The van der Waals surface area contributed by atoms with Gasteiger partial charge in [-0.1, -0.05) is 13.0 Å². The molecule has 0 aliphatic carbocycles. The summed E-state index contributed by atoms with van der Waals surface area (Å²) >= 11 is 0. The number of carbonyl (C=O) groups is 1. The molecule has 0 fully saturated rings. The third-order valence-corrected chi connectivity index (χ3v) is 2.06. The Morgan fingerprint density at radius 3 is 2.79 bits per heavy atom. The van der Waals surface area contributed by atoms with E-state index in [1.165, 1.54) is 11.6 Å². The molecule has 0 radical (unpaired) electrons. The van der Waals surface area contributed by atoms with E-state index in [4.69, 9.17) is 4.74 Å². The van der Waals surface area contributed by atoms with Crippen LogP contribution in [0, 0.1) is 0 Å². The number of rotatable bonds is 4. The Bertz CT molecular complexity index is 340. The van der Waals surface area contributed by atoms with Gasteiger partial charge in [0.2, 0.25) is 0 Å². The highest BCUT2D eigenvalue weighted by atomic mass is 16.5. The van der Waals surface area contributed by atoms with Gasteiger partial charge in [-0.2, -0.15) is 0 Å². The number of allylic oxidation sites excluding steroid dienone is 1. The van der Waals surface area contributed by atoms with E-state index < -0.39 is 0 Å². The summed E-state index contributed by atoms with van der Waals surface area (Å²) < 4.78 is 5.17. The molecule has 14 heavy (non-hydrogen) atoms. The summed E-state index contributed by atoms with van der Waals surface area (Å²) in [6, 6.07) is 5.97. The second kappa shape index (κ2) is 5.22. The van der Waals surface area contributed by atoms with E-state index in [0.29, 0.717) is 0 Å². The van der Waals surface area contributed by atoms with Crippen LogP contribution in [0.2, 0.25) is 0 Å². The lowest BCUT2D eigenvalue weighted by Gasteiger charge is -2.06. The summed E-state index contributed by atoms with van der Waals surface area (Å²) in [5.41, 5.74) is 2.18. The Kier molecular flexibility index (Phi) is 3.92. The zero-order valence-electron chi connectivity index (χ0n) is 8.49. The normalized spacial score (nSPS) is 10.4. The van der Waals surface area contributed by atoms with Crippen molar-refractivity contribution < 1.29 is 9.53 Å². The fourth-order valence-electron chi connectivity index (χ4n) is 1.28. The number of hydrogen-bond donors (Lipinski definition) is 0. The Morgan fingerprint density at radius 1 is 1.43 bits per heavy atom. The first-order chi connectivity index (χ1) is 6.81. The topological polar surface area (TPSA) is 26.3 Å². The maximum absolute atomic E-state index is 10.2. The molecule has 0 spiro atoms. The van der Waals surface area contributed by atoms with Crippen LogP contribution in [-0.4, -0.2) is 13.4 Å². The van der Waals surface area contributed by atoms with Gasteiger partial charge in [0.15, 0.2) is 0 Å². The van der Waals surface area contributed by atoms with Crippen molar-refractivity contribution in [1.82, 2.24) is 0 Å². The molecule has 0 unspecified atom stereocenters. The summed E-state index contributed by atoms with van der Waals surface area (Å²) in [6.07, 6.45) is 4.96. The van der Waals surface area contributed by atoms with Gasteiger partial charge in [0, 0.05) is 5.56 Å². The zero-order valence-corrected chi connectivity index (χ0v) is 8.49. The lowest BCUT2D eigenvalue weighted by Crippen LogP contribution is -1.89. The Labute approximate surface area is 84.2 Å². The van der Waals surface area contributed by atoms with E-state index >= 15 is 0 Å². The van der Waals surface area contributed by atoms with Gasteiger partial charge in [0.25, 0.3) is 0 Å². The van der Waals surface area contributed by atoms with Gasteiger partial charge < -0.3 is 4.74 Å². The van der Waals surface area contributed by atoms with Crippen LogP contribution >= 0.6 is 0 Å². The molecule has 0 bridgehead atoms. The number of aryl methyl sites for hydroxylation is 1. The molecule has 1 aromatic carbocycles. The minimum absolute atomic E-state index is 0.762. The summed E-state index contributed by atoms with van der Waals surface area (Å²) in [5.74, 6) is 0.792. The summed E-state index contributed by atoms with van der Waals surface area (Å²) in [5, 5.41) is 0. The van der Waals surface area contributed by atoms with Crippen molar-refractivity contribution in [2.45, 2.75) is 13.3 Å². The maximum Gasteiger partial charge on any atom is 0.142 e. The van der Waals surface area contributed by atoms with Gasteiger partial charge in [0.05, 0.1) is 7.11 Å². The SMILES string of the molecule is CCc1ccc(OC)c(C=CC=O)c1. The highest BCUT2D eigenvalue weighted by molar-refractivity contribution is 5.75. The van der Waals surface area contributed by atoms with E-state index in [2.05, 4.69) is 6.92 Å². The summed E-state index contributed by atoms with van der Waals surface area (Å²) in [6.45, 7) is 2.09. The molecule has 0 aromatic heterocycles. The molecule has 0 atom stereocenters. The quantitative estimate of drug-likeness (QED) is 0.538. The van der Waals surface area contributed by atoms with Crippen molar-refractivity contribution in [3.8, 4) is 5.75 Å². The molecule has 1 rings (SSSR count). The van der Waals surface area contributed by atoms with Crippen LogP contribution in [0.3, 0.4) is 0 Å². The van der Waals surface area contributed by atoms with Crippen LogP contribution in [0.25, 0.3) is 6.08 Å². The van der Waals surface area contributed by atoms with E-state index in [0.717, 1.165) is 24.0 Å². The first-order valence-corrected chi connectivity index (χ1v) is 4.60. The average molecular weight is 190 g/mol. The second-order valence-electron chi connectivity index (χ2n) is 2.93. The molecule has 0 saturated carbocycles. The molecular formula is C12H14O2. The van der Waals surface area contributed by atoms with Crippen molar-refractivity contribution in [3.63, 3.8) is 0 Å². The van der Waals surface area contributed by atoms with Crippen LogP contribution in [0.15, 0.2) is 24.3 Å². The minimum atomic E-state index is 0.762. The Morgan fingerprint density at radius 2 is 2.21 bits per heavy atom. The molecule has 0 heterocycles. The molecule has 0 saturated heterocycles. The van der Waals surface area contributed by atoms with Gasteiger partial charge >= 0.3 is 0 Å². The summed E-state index contributed by atoms with van der Waals surface area (Å²) in [4.78, 5) is 10.2. The molecule has 0 N–H and O–H groups in total. The number of benzene rings is 1. The first-order valence-electron chi connectivity index (χ1n) is 4.60. The Hall–Kier alpha value is -1.57. The van der Waals surface area contributed by atoms with Gasteiger partial charge in [0.1, 0.15) is 12.0 Å². The van der Waals surface area contributed by atoms with Crippen LogP contribution in [0.4, 0.5) is 0 Å². The zero-order chi connectivity index (χ0) is 10.4. The monoisotopic (exact) mass is 190 g/mol. The third-order valence-electron chi connectivity index (χ3n) is 2.06. The van der Waals surface area contributed by atoms with Crippen LogP contribution < -0.4 is 4.74 Å². The van der Waals surface area contributed by atoms with Crippen molar-refractivity contribution >= 4 is 12.4 Å². The van der Waals surface area contributed by atoms with Crippen molar-refractivity contribution in [3.05, 3.63) is 35.4 Å². The first kappa shape index (κ1) is 10.5. The lowest BCUT2D eigenvalue weighted by molar-refractivity contribution is -0.104. The number of carbonyl (C=O) groups excluding carboxylic acids is 1. The fraction of sp³-hybridized carbons (Fsp3) is 0.250. The van der Waals surface area contributed by atoms with Crippen LogP contribution in [-0.2, 0) is 11.2 Å². The average Bonchev–Trinajstić information content (AvgIpc) is 2.25. The minimum Gasteiger partial charge on any atom is -0.496 e. The van der Waals surface area contributed by atoms with Gasteiger partial charge in [-0.3, -0.25) is 4.79 Å². The van der Waals surface area contributed by atoms with Crippen molar-refractivity contribution in [2.75, 3.05) is 7.11 Å². The fourth-order valence-corrected chi connectivity index (χ4v) is 1.28. The number of methoxy groups -OCH3 is 1. The number of hydrogen-bond acceptors (Lipinski definition) is 2. The van der Waals surface area contributed by atoms with E-state index in [-0.39, 0.29) is 0 Å². The molecule has 0 amide bonds. The highest BCUT2D eigenvalue weighted by Gasteiger charge is 1.99. The van der Waals surface area contributed by atoms with Crippen LogP contribution in [0.1, 0.15) is 18.1 Å². The second-order valence-corrected chi connectivity index (χ2v) is 2.93. The van der Waals surface area contributed by atoms with Gasteiger partial charge in [-0.25, -0.2) is 0 Å². The van der Waals surface area contributed by atoms with Gasteiger partial charge in [-0.15, -0.1) is 0 Å².